The van der Waals surface area contributed by atoms with E-state index in [0.717, 1.165) is 21.8 Å². The molecule has 0 aromatic heterocycles. The number of carbonyl (C=O) groups is 3. The molecule has 4 rings (SSSR count). The van der Waals surface area contributed by atoms with Crippen LogP contribution in [0.4, 0.5) is 4.79 Å². The maximum atomic E-state index is 12.6. The fourth-order valence-corrected chi connectivity index (χ4v) is 3.84. The minimum atomic E-state index is -0.605. The molecule has 2 saturated heterocycles. The maximum absolute atomic E-state index is 12.6. The molecular weight excluding hydrogens is 384 g/mol. The number of amides is 3. The van der Waals surface area contributed by atoms with Crippen LogP contribution in [-0.4, -0.2) is 53.4 Å². The van der Waals surface area contributed by atoms with Crippen molar-refractivity contribution in [2.24, 2.45) is 0 Å². The quantitative estimate of drug-likeness (QED) is 0.704. The van der Waals surface area contributed by atoms with Crippen molar-refractivity contribution in [1.82, 2.24) is 9.80 Å². The highest BCUT2D eigenvalue weighted by Gasteiger charge is 2.41. The van der Waals surface area contributed by atoms with Gasteiger partial charge in [-0.05, 0) is 36.1 Å². The highest BCUT2D eigenvalue weighted by molar-refractivity contribution is 5.98. The highest BCUT2D eigenvalue weighted by Crippen LogP contribution is 2.22. The number of imide groups is 1. The summed E-state index contributed by atoms with van der Waals surface area (Å²) in [6.45, 7) is 1.21. The van der Waals surface area contributed by atoms with Crippen LogP contribution in [0, 0.1) is 0 Å². The summed E-state index contributed by atoms with van der Waals surface area (Å²) in [6.07, 6.45) is 0.960. The molecule has 2 aromatic rings. The van der Waals surface area contributed by atoms with Crippen LogP contribution >= 0.6 is 0 Å². The van der Waals surface area contributed by atoms with Crippen molar-refractivity contribution in [3.8, 4) is 5.75 Å². The molecule has 0 bridgehead atoms. The third-order valence-corrected chi connectivity index (χ3v) is 5.44. The molecule has 2 aliphatic rings. The van der Waals surface area contributed by atoms with Gasteiger partial charge in [0.05, 0.1) is 6.04 Å². The van der Waals surface area contributed by atoms with Crippen molar-refractivity contribution in [2.45, 2.75) is 31.9 Å². The number of rotatable bonds is 7. The molecule has 0 saturated carbocycles. The lowest BCUT2D eigenvalue weighted by Crippen LogP contribution is -2.42. The van der Waals surface area contributed by atoms with Crippen molar-refractivity contribution in [3.63, 3.8) is 0 Å². The van der Waals surface area contributed by atoms with Crippen LogP contribution in [0.25, 0.3) is 0 Å². The Morgan fingerprint density at radius 1 is 1.07 bits per heavy atom. The van der Waals surface area contributed by atoms with E-state index in [0.29, 0.717) is 39.0 Å². The summed E-state index contributed by atoms with van der Waals surface area (Å²) >= 11 is 0. The molecule has 1 atom stereocenters. The summed E-state index contributed by atoms with van der Waals surface area (Å²) in [7, 11) is 0. The minimum absolute atomic E-state index is 0.0214. The molecule has 3 amide bonds. The van der Waals surface area contributed by atoms with E-state index in [1.807, 2.05) is 54.6 Å². The fraction of sp³-hybridized carbons (Fsp3) is 0.348. The van der Waals surface area contributed by atoms with Gasteiger partial charge in [-0.15, -0.1) is 0 Å². The van der Waals surface area contributed by atoms with Gasteiger partial charge in [-0.2, -0.15) is 0 Å². The van der Waals surface area contributed by atoms with Crippen LogP contribution in [0.15, 0.2) is 54.6 Å². The Hall–Kier alpha value is -3.35. The summed E-state index contributed by atoms with van der Waals surface area (Å²) in [6, 6.07) is 17.4. The average Bonchev–Trinajstić information content (AvgIpc) is 3.38. The number of aryl methyl sites for hydroxylation is 1. The molecule has 7 heteroatoms. The zero-order valence-electron chi connectivity index (χ0n) is 16.7. The predicted octanol–water partition coefficient (Wildman–Crippen LogP) is 2.78. The van der Waals surface area contributed by atoms with Gasteiger partial charge < -0.3 is 14.4 Å². The van der Waals surface area contributed by atoms with Crippen LogP contribution in [0.1, 0.15) is 24.0 Å². The van der Waals surface area contributed by atoms with Crippen LogP contribution in [-0.2, 0) is 27.4 Å². The van der Waals surface area contributed by atoms with Gasteiger partial charge in [0.15, 0.2) is 6.61 Å². The number of hydrogen-bond donors (Lipinski definition) is 0. The van der Waals surface area contributed by atoms with E-state index in [1.54, 1.807) is 4.90 Å². The van der Waals surface area contributed by atoms with Crippen LogP contribution in [0.5, 0.6) is 5.75 Å². The van der Waals surface area contributed by atoms with E-state index >= 15 is 0 Å². The summed E-state index contributed by atoms with van der Waals surface area (Å²) in [5.41, 5.74) is 2.13. The second-order valence-electron chi connectivity index (χ2n) is 7.52. The van der Waals surface area contributed by atoms with E-state index in [2.05, 4.69) is 0 Å². The minimum Gasteiger partial charge on any atom is -0.489 e. The van der Waals surface area contributed by atoms with Gasteiger partial charge in [-0.25, -0.2) is 9.69 Å². The van der Waals surface area contributed by atoms with Crippen molar-refractivity contribution >= 4 is 17.9 Å². The van der Waals surface area contributed by atoms with Crippen molar-refractivity contribution in [1.29, 1.82) is 0 Å². The molecule has 2 fully saturated rings. The number of hydrogen-bond acceptors (Lipinski definition) is 5. The van der Waals surface area contributed by atoms with Crippen molar-refractivity contribution in [3.05, 3.63) is 65.7 Å². The molecule has 2 heterocycles. The Bertz CT molecular complexity index is 914. The molecular formula is C23H24N2O5. The molecule has 0 spiro atoms. The first-order valence-corrected chi connectivity index (χ1v) is 10.1. The second kappa shape index (κ2) is 8.98. The largest absolute Gasteiger partial charge is 0.489 e. The molecule has 0 aliphatic carbocycles. The first-order valence-electron chi connectivity index (χ1n) is 10.1. The normalized spacial score (nSPS) is 18.6. The first-order chi connectivity index (χ1) is 14.6. The zero-order chi connectivity index (χ0) is 20.9. The monoisotopic (exact) mass is 408 g/mol. The summed E-state index contributed by atoms with van der Waals surface area (Å²) in [4.78, 5) is 39.0. The lowest BCUT2D eigenvalue weighted by atomic mass is 10.1. The maximum Gasteiger partial charge on any atom is 0.417 e. The third kappa shape index (κ3) is 4.62. The Labute approximate surface area is 175 Å². The Morgan fingerprint density at radius 2 is 1.87 bits per heavy atom. The van der Waals surface area contributed by atoms with E-state index in [9.17, 15) is 14.4 Å². The first kappa shape index (κ1) is 19.9. The predicted molar refractivity (Wildman–Crippen MR) is 109 cm³/mol. The molecule has 2 aromatic carbocycles. The van der Waals surface area contributed by atoms with Crippen molar-refractivity contribution in [2.75, 3.05) is 19.7 Å². The van der Waals surface area contributed by atoms with E-state index in [1.165, 1.54) is 0 Å². The highest BCUT2D eigenvalue weighted by atomic mass is 16.6. The molecule has 7 nitrogen and oxygen atoms in total. The average molecular weight is 408 g/mol. The molecule has 0 N–H and O–H groups in total. The molecule has 156 valence electrons. The van der Waals surface area contributed by atoms with Crippen LogP contribution in [0.2, 0.25) is 0 Å². The Kier molecular flexibility index (Phi) is 5.97. The van der Waals surface area contributed by atoms with Gasteiger partial charge >= 0.3 is 6.09 Å². The number of nitrogens with zero attached hydrogens (tertiary/aromatic N) is 2. The number of benzene rings is 2. The van der Waals surface area contributed by atoms with E-state index in [-0.39, 0.29) is 24.5 Å². The van der Waals surface area contributed by atoms with Crippen molar-refractivity contribution < 1.29 is 23.9 Å². The second-order valence-corrected chi connectivity index (χ2v) is 7.52. The molecule has 0 radical (unpaired) electrons. The summed E-state index contributed by atoms with van der Waals surface area (Å²) in [5.74, 6) is 0.468. The topological polar surface area (TPSA) is 76.2 Å². The molecule has 30 heavy (non-hydrogen) atoms. The van der Waals surface area contributed by atoms with Crippen LogP contribution < -0.4 is 4.74 Å². The molecule has 2 aliphatic heterocycles. The smallest absolute Gasteiger partial charge is 0.417 e. The van der Waals surface area contributed by atoms with E-state index in [4.69, 9.17) is 9.47 Å². The van der Waals surface area contributed by atoms with E-state index < -0.39 is 6.09 Å². The van der Waals surface area contributed by atoms with Gasteiger partial charge in [0.2, 0.25) is 5.91 Å². The Balaban J connectivity index is 1.27. The van der Waals surface area contributed by atoms with Crippen LogP contribution in [0.3, 0.4) is 0 Å². The summed E-state index contributed by atoms with van der Waals surface area (Å²) in [5, 5.41) is 0. The Morgan fingerprint density at radius 3 is 2.63 bits per heavy atom. The fourth-order valence-electron chi connectivity index (χ4n) is 3.84. The number of cyclic esters (lactones) is 1. The van der Waals surface area contributed by atoms with Gasteiger partial charge in [0, 0.05) is 19.5 Å². The van der Waals surface area contributed by atoms with Gasteiger partial charge in [0.1, 0.15) is 12.4 Å². The summed E-state index contributed by atoms with van der Waals surface area (Å²) < 4.78 is 10.6. The molecule has 1 unspecified atom stereocenters. The lowest BCUT2D eigenvalue weighted by Gasteiger charge is -2.20. The number of ether oxygens (including phenoxy) is 2. The number of likely N-dealkylation sites (tertiary alicyclic amines) is 1. The zero-order valence-corrected chi connectivity index (χ0v) is 16.7. The number of carbonyl (C=O) groups excluding carboxylic acids is 3. The SMILES string of the molecule is O=C(CCc1cccc(OCc2ccccc2)c1)N1CCC(N2C(=O)COC2=O)C1. The third-order valence-electron chi connectivity index (χ3n) is 5.44. The van der Waals surface area contributed by atoms with Gasteiger partial charge in [-0.3, -0.25) is 9.59 Å². The van der Waals surface area contributed by atoms with Gasteiger partial charge in [-0.1, -0.05) is 42.5 Å². The van der Waals surface area contributed by atoms with Gasteiger partial charge in [0.25, 0.3) is 5.91 Å². The standard InChI is InChI=1S/C23H24N2O5/c26-21(24-12-11-19(14-24)25-22(27)16-30-23(25)28)10-9-17-7-4-8-20(13-17)29-15-18-5-2-1-3-6-18/h1-8,13,19H,9-12,14-16H2. The lowest BCUT2D eigenvalue weighted by molar-refractivity contribution is -0.131.